The van der Waals surface area contributed by atoms with Crippen molar-refractivity contribution in [2.24, 2.45) is 0 Å². The van der Waals surface area contributed by atoms with Gasteiger partial charge in [0.25, 0.3) is 5.91 Å². The minimum atomic E-state index is -0.284. The fraction of sp³-hybridized carbons (Fsp3) is 0.182. The number of hydrogen-bond acceptors (Lipinski definition) is 3. The topological polar surface area (TPSA) is 66.3 Å². The number of nitrogens with one attached hydrogen (secondary N) is 1. The number of fused-ring (bicyclic) bond motifs is 2. The predicted octanol–water partition coefficient (Wildman–Crippen LogP) is 4.11. The molecule has 0 spiro atoms. The summed E-state index contributed by atoms with van der Waals surface area (Å²) in [5.74, 6) is 0.691. The number of aromatic amines is 1. The van der Waals surface area contributed by atoms with Crippen molar-refractivity contribution >= 4 is 27.8 Å². The zero-order valence-electron chi connectivity index (χ0n) is 15.3. The number of carbonyl (C=O) groups excluding carboxylic acids is 1. The molecular formula is C22H20N2O3. The van der Waals surface area contributed by atoms with Crippen LogP contribution in [0.25, 0.3) is 21.9 Å². The summed E-state index contributed by atoms with van der Waals surface area (Å²) >= 11 is 0. The highest BCUT2D eigenvalue weighted by molar-refractivity contribution is 6.05. The summed E-state index contributed by atoms with van der Waals surface area (Å²) in [5, 5.41) is 1.76. The molecule has 136 valence electrons. The monoisotopic (exact) mass is 360 g/mol. The van der Waals surface area contributed by atoms with Crippen molar-refractivity contribution in [2.45, 2.75) is 19.9 Å². The zero-order valence-corrected chi connectivity index (χ0v) is 15.3. The lowest BCUT2D eigenvalue weighted by atomic mass is 10.1. The molecule has 0 aliphatic carbocycles. The van der Waals surface area contributed by atoms with E-state index >= 15 is 0 Å². The van der Waals surface area contributed by atoms with Crippen LogP contribution >= 0.6 is 0 Å². The van der Waals surface area contributed by atoms with E-state index in [0.29, 0.717) is 17.6 Å². The van der Waals surface area contributed by atoms with Crippen molar-refractivity contribution in [2.75, 3.05) is 7.05 Å². The molecule has 4 rings (SSSR count). The highest BCUT2D eigenvalue weighted by Gasteiger charge is 2.20. The first-order valence-corrected chi connectivity index (χ1v) is 8.95. The molecule has 5 nitrogen and oxygen atoms in total. The van der Waals surface area contributed by atoms with Crippen LogP contribution in [-0.2, 0) is 13.0 Å². The minimum absolute atomic E-state index is 0.190. The molecule has 2 aromatic heterocycles. The van der Waals surface area contributed by atoms with Crippen molar-refractivity contribution < 1.29 is 9.21 Å². The van der Waals surface area contributed by atoms with Gasteiger partial charge in [-0.15, -0.1) is 0 Å². The third-order valence-electron chi connectivity index (χ3n) is 4.83. The molecule has 2 aromatic carbocycles. The van der Waals surface area contributed by atoms with Crippen LogP contribution in [-0.4, -0.2) is 22.8 Å². The maximum absolute atomic E-state index is 13.1. The van der Waals surface area contributed by atoms with Gasteiger partial charge < -0.3 is 14.3 Å². The molecule has 0 saturated carbocycles. The Bertz CT molecular complexity index is 1200. The third kappa shape index (κ3) is 3.01. The second-order valence-electron chi connectivity index (χ2n) is 6.61. The van der Waals surface area contributed by atoms with Crippen LogP contribution in [0.1, 0.15) is 28.6 Å². The number of nitrogens with zero attached hydrogens (tertiary/aromatic N) is 1. The smallest absolute Gasteiger partial charge is 0.254 e. The molecule has 27 heavy (non-hydrogen) atoms. The maximum atomic E-state index is 13.1. The summed E-state index contributed by atoms with van der Waals surface area (Å²) in [5.41, 5.74) is 2.62. The fourth-order valence-electron chi connectivity index (χ4n) is 3.50. The summed E-state index contributed by atoms with van der Waals surface area (Å²) < 4.78 is 5.93. The van der Waals surface area contributed by atoms with Gasteiger partial charge in [-0.1, -0.05) is 43.3 Å². The fourth-order valence-corrected chi connectivity index (χ4v) is 3.50. The molecule has 2 heterocycles. The van der Waals surface area contributed by atoms with Crippen LogP contribution in [0, 0.1) is 0 Å². The van der Waals surface area contributed by atoms with E-state index in [9.17, 15) is 9.59 Å². The van der Waals surface area contributed by atoms with E-state index in [-0.39, 0.29) is 11.5 Å². The first kappa shape index (κ1) is 17.1. The number of H-pyrrole nitrogens is 1. The lowest BCUT2D eigenvalue weighted by molar-refractivity contribution is 0.0787. The Morgan fingerprint density at radius 2 is 1.78 bits per heavy atom. The number of para-hydroxylation sites is 2. The van der Waals surface area contributed by atoms with Gasteiger partial charge in [-0.05, 0) is 12.1 Å². The van der Waals surface area contributed by atoms with Gasteiger partial charge in [0.05, 0.1) is 5.56 Å². The Kier molecular flexibility index (Phi) is 4.28. The Morgan fingerprint density at radius 1 is 1.07 bits per heavy atom. The van der Waals surface area contributed by atoms with E-state index in [2.05, 4.69) is 4.98 Å². The number of hydrogen-bond donors (Lipinski definition) is 1. The largest absolute Gasteiger partial charge is 0.461 e. The molecule has 5 heteroatoms. The summed E-state index contributed by atoms with van der Waals surface area (Å²) in [6.45, 7) is 2.45. The van der Waals surface area contributed by atoms with Crippen molar-refractivity contribution in [3.8, 4) is 0 Å². The average Bonchev–Trinajstić information content (AvgIpc) is 3.04. The number of pyridine rings is 1. The number of furan rings is 1. The van der Waals surface area contributed by atoms with Crippen LogP contribution in [0.5, 0.6) is 0 Å². The van der Waals surface area contributed by atoms with Gasteiger partial charge >= 0.3 is 0 Å². The first-order valence-electron chi connectivity index (χ1n) is 8.95. The van der Waals surface area contributed by atoms with Gasteiger partial charge in [0, 0.05) is 47.9 Å². The highest BCUT2D eigenvalue weighted by atomic mass is 16.3. The zero-order chi connectivity index (χ0) is 19.0. The van der Waals surface area contributed by atoms with Crippen molar-refractivity contribution in [3.63, 3.8) is 0 Å². The number of aromatic nitrogens is 1. The molecule has 1 N–H and O–H groups in total. The Morgan fingerprint density at radius 3 is 2.56 bits per heavy atom. The van der Waals surface area contributed by atoms with E-state index in [4.69, 9.17) is 4.42 Å². The van der Waals surface area contributed by atoms with Crippen LogP contribution < -0.4 is 5.56 Å². The second kappa shape index (κ2) is 6.76. The molecule has 0 atom stereocenters. The first-order chi connectivity index (χ1) is 13.1. The number of rotatable bonds is 4. The highest BCUT2D eigenvalue weighted by Crippen LogP contribution is 2.28. The van der Waals surface area contributed by atoms with E-state index in [1.165, 1.54) is 6.07 Å². The molecular weight excluding hydrogens is 340 g/mol. The van der Waals surface area contributed by atoms with E-state index in [0.717, 1.165) is 34.1 Å². The Hall–Kier alpha value is -3.34. The van der Waals surface area contributed by atoms with E-state index in [1.54, 1.807) is 18.0 Å². The molecule has 0 radical (unpaired) electrons. The summed E-state index contributed by atoms with van der Waals surface area (Å²) in [4.78, 5) is 29.5. The van der Waals surface area contributed by atoms with Crippen molar-refractivity contribution in [1.82, 2.24) is 9.88 Å². The SMILES string of the molecule is CCc1oc2ccccc2c1CN(C)C(=O)c1cc(=O)[nH]c2ccccc12. The number of benzene rings is 2. The maximum Gasteiger partial charge on any atom is 0.254 e. The summed E-state index contributed by atoms with van der Waals surface area (Å²) in [7, 11) is 1.75. The Balaban J connectivity index is 1.74. The van der Waals surface area contributed by atoms with Gasteiger partial charge in [0.1, 0.15) is 11.3 Å². The standard InChI is InChI=1S/C22H20N2O3/c1-3-19-17(15-9-5-7-11-20(15)27-19)13-24(2)22(26)16-12-21(25)23-18-10-6-4-8-14(16)18/h4-12H,3,13H2,1-2H3,(H,23,25). The van der Waals surface area contributed by atoms with Crippen molar-refractivity contribution in [1.29, 1.82) is 0 Å². The average molecular weight is 360 g/mol. The molecule has 0 saturated heterocycles. The normalized spacial score (nSPS) is 11.2. The van der Waals surface area contributed by atoms with E-state index in [1.807, 2.05) is 49.4 Å². The molecule has 4 aromatic rings. The van der Waals surface area contributed by atoms with Crippen LogP contribution in [0.3, 0.4) is 0 Å². The number of amides is 1. The second-order valence-corrected chi connectivity index (χ2v) is 6.61. The molecule has 0 aliphatic rings. The predicted molar refractivity (Wildman–Crippen MR) is 106 cm³/mol. The molecule has 0 unspecified atom stereocenters. The lowest BCUT2D eigenvalue weighted by Gasteiger charge is -2.18. The minimum Gasteiger partial charge on any atom is -0.461 e. The van der Waals surface area contributed by atoms with Gasteiger partial charge in [-0.3, -0.25) is 9.59 Å². The van der Waals surface area contributed by atoms with Crippen LogP contribution in [0.2, 0.25) is 0 Å². The van der Waals surface area contributed by atoms with Gasteiger partial charge in [-0.2, -0.15) is 0 Å². The molecule has 0 aliphatic heterocycles. The van der Waals surface area contributed by atoms with Crippen LogP contribution in [0.4, 0.5) is 0 Å². The molecule has 0 fully saturated rings. The summed E-state index contributed by atoms with van der Waals surface area (Å²) in [6.07, 6.45) is 0.750. The van der Waals surface area contributed by atoms with Gasteiger partial charge in [0.2, 0.25) is 5.56 Å². The van der Waals surface area contributed by atoms with E-state index < -0.39 is 0 Å². The summed E-state index contributed by atoms with van der Waals surface area (Å²) in [6, 6.07) is 16.5. The van der Waals surface area contributed by atoms with Gasteiger partial charge in [-0.25, -0.2) is 0 Å². The third-order valence-corrected chi connectivity index (χ3v) is 4.83. The quantitative estimate of drug-likeness (QED) is 0.596. The molecule has 0 bridgehead atoms. The Labute approximate surface area is 156 Å². The molecule has 1 amide bonds. The van der Waals surface area contributed by atoms with Gasteiger partial charge in [0.15, 0.2) is 0 Å². The van der Waals surface area contributed by atoms with Crippen molar-refractivity contribution in [3.05, 3.63) is 81.8 Å². The number of aryl methyl sites for hydroxylation is 1. The lowest BCUT2D eigenvalue weighted by Crippen LogP contribution is -2.28. The number of carbonyl (C=O) groups is 1. The van der Waals surface area contributed by atoms with Crippen LogP contribution in [0.15, 0.2) is 63.8 Å².